The van der Waals surface area contributed by atoms with E-state index in [4.69, 9.17) is 0 Å². The van der Waals surface area contributed by atoms with E-state index in [9.17, 15) is 9.59 Å². The van der Waals surface area contributed by atoms with E-state index in [1.54, 1.807) is 19.3 Å². The van der Waals surface area contributed by atoms with Gasteiger partial charge < -0.3 is 10.2 Å². The lowest BCUT2D eigenvalue weighted by atomic mass is 9.97. The number of allylic oxidation sites excluding steroid dienone is 1. The third-order valence-corrected chi connectivity index (χ3v) is 4.97. The van der Waals surface area contributed by atoms with Gasteiger partial charge in [-0.1, -0.05) is 11.6 Å². The molecule has 2 aliphatic rings. The van der Waals surface area contributed by atoms with E-state index in [0.717, 1.165) is 38.0 Å². The highest BCUT2D eigenvalue weighted by molar-refractivity contribution is 5.78. The van der Waals surface area contributed by atoms with E-state index in [1.807, 2.05) is 0 Å². The molecule has 130 valence electrons. The van der Waals surface area contributed by atoms with Crippen LogP contribution in [0.5, 0.6) is 0 Å². The van der Waals surface area contributed by atoms with Crippen molar-refractivity contribution in [2.45, 2.75) is 38.5 Å². The lowest BCUT2D eigenvalue weighted by Crippen LogP contribution is -2.31. The highest BCUT2D eigenvalue weighted by atomic mass is 16.1. The summed E-state index contributed by atoms with van der Waals surface area (Å²) in [5.74, 6) is 0.565. The maximum absolute atomic E-state index is 12.1. The Labute approximate surface area is 142 Å². The van der Waals surface area contributed by atoms with Gasteiger partial charge >= 0.3 is 0 Å². The summed E-state index contributed by atoms with van der Waals surface area (Å²) in [6.45, 7) is 2.47. The van der Waals surface area contributed by atoms with Crippen molar-refractivity contribution in [1.82, 2.24) is 15.1 Å². The minimum Gasteiger partial charge on any atom is -0.370 e. The second kappa shape index (κ2) is 7.64. The molecule has 1 aliphatic carbocycles. The van der Waals surface area contributed by atoms with Gasteiger partial charge in [0.05, 0.1) is 11.9 Å². The highest BCUT2D eigenvalue weighted by Gasteiger charge is 2.23. The molecule has 0 spiro atoms. The quantitative estimate of drug-likeness (QED) is 0.833. The van der Waals surface area contributed by atoms with Crippen molar-refractivity contribution in [3.05, 3.63) is 34.3 Å². The lowest BCUT2D eigenvalue weighted by Gasteiger charge is -2.18. The zero-order valence-corrected chi connectivity index (χ0v) is 14.3. The topological polar surface area (TPSA) is 67.2 Å². The molecule has 1 saturated heterocycles. The molecule has 0 saturated carbocycles. The molecule has 6 nitrogen and oxygen atoms in total. The van der Waals surface area contributed by atoms with Crippen molar-refractivity contribution in [2.75, 3.05) is 24.5 Å². The standard InChI is InChI=1S/C18H26N4O2/c1-21-18(24)10-16(12-20-21)22-8-7-15(13-22)11-19-17(23)9-14-5-3-2-4-6-14/h5,10,12,15H,2-4,6-9,11,13H2,1H3,(H,19,23)/t15-/m1/s1. The number of amides is 1. The van der Waals surface area contributed by atoms with Gasteiger partial charge in [0, 0.05) is 39.2 Å². The van der Waals surface area contributed by atoms with Crippen LogP contribution in [0.3, 0.4) is 0 Å². The first-order chi connectivity index (χ1) is 11.6. The van der Waals surface area contributed by atoms with Crippen LogP contribution in [0.4, 0.5) is 5.69 Å². The Kier molecular flexibility index (Phi) is 5.33. The van der Waals surface area contributed by atoms with Crippen LogP contribution in [0, 0.1) is 5.92 Å². The van der Waals surface area contributed by atoms with Crippen LogP contribution in [0.15, 0.2) is 28.7 Å². The average Bonchev–Trinajstić information content (AvgIpc) is 3.05. The van der Waals surface area contributed by atoms with Crippen molar-refractivity contribution >= 4 is 11.6 Å². The van der Waals surface area contributed by atoms with Gasteiger partial charge in [0.15, 0.2) is 0 Å². The number of rotatable bonds is 5. The Morgan fingerprint density at radius 1 is 1.42 bits per heavy atom. The third kappa shape index (κ3) is 4.24. The number of nitrogens with zero attached hydrogens (tertiary/aromatic N) is 3. The smallest absolute Gasteiger partial charge is 0.268 e. The molecule has 0 radical (unpaired) electrons. The molecule has 1 aromatic heterocycles. The van der Waals surface area contributed by atoms with Crippen molar-refractivity contribution in [3.63, 3.8) is 0 Å². The maximum atomic E-state index is 12.1. The summed E-state index contributed by atoms with van der Waals surface area (Å²) in [6.07, 6.45) is 10.2. The highest BCUT2D eigenvalue weighted by Crippen LogP contribution is 2.22. The molecular formula is C18H26N4O2. The molecule has 0 aromatic carbocycles. The molecule has 6 heteroatoms. The fourth-order valence-electron chi connectivity index (χ4n) is 3.46. The first-order valence-corrected chi connectivity index (χ1v) is 8.85. The Balaban J connectivity index is 1.45. The molecule has 1 aliphatic heterocycles. The van der Waals surface area contributed by atoms with Gasteiger partial charge in [0.1, 0.15) is 0 Å². The van der Waals surface area contributed by atoms with Gasteiger partial charge in [-0.3, -0.25) is 9.59 Å². The van der Waals surface area contributed by atoms with E-state index < -0.39 is 0 Å². The molecule has 2 heterocycles. The third-order valence-electron chi connectivity index (χ3n) is 4.97. The van der Waals surface area contributed by atoms with Gasteiger partial charge in [-0.2, -0.15) is 5.10 Å². The van der Waals surface area contributed by atoms with Gasteiger partial charge in [-0.25, -0.2) is 4.68 Å². The fourth-order valence-corrected chi connectivity index (χ4v) is 3.46. The Bertz CT molecular complexity index is 680. The number of aromatic nitrogens is 2. The first kappa shape index (κ1) is 16.7. The molecule has 1 amide bonds. The van der Waals surface area contributed by atoms with E-state index >= 15 is 0 Å². The Morgan fingerprint density at radius 3 is 3.04 bits per heavy atom. The minimum atomic E-state index is -0.0926. The van der Waals surface area contributed by atoms with Crippen molar-refractivity contribution in [1.29, 1.82) is 0 Å². The molecule has 1 aromatic rings. The second-order valence-electron chi connectivity index (χ2n) is 6.87. The predicted molar refractivity (Wildman–Crippen MR) is 94.0 cm³/mol. The van der Waals surface area contributed by atoms with Crippen LogP contribution in [0.25, 0.3) is 0 Å². The molecule has 1 atom stereocenters. The van der Waals surface area contributed by atoms with E-state index in [-0.39, 0.29) is 11.5 Å². The van der Waals surface area contributed by atoms with Crippen molar-refractivity contribution in [2.24, 2.45) is 13.0 Å². The molecular weight excluding hydrogens is 304 g/mol. The number of carbonyl (C=O) groups excluding carboxylic acids is 1. The van der Waals surface area contributed by atoms with E-state index in [1.165, 1.54) is 23.1 Å². The van der Waals surface area contributed by atoms with Gasteiger partial charge in [-0.15, -0.1) is 0 Å². The summed E-state index contributed by atoms with van der Waals surface area (Å²) in [4.78, 5) is 26.0. The molecule has 3 rings (SSSR count). The monoisotopic (exact) mass is 330 g/mol. The maximum Gasteiger partial charge on any atom is 0.268 e. The Morgan fingerprint density at radius 2 is 2.29 bits per heavy atom. The molecule has 0 unspecified atom stereocenters. The summed E-state index contributed by atoms with van der Waals surface area (Å²) in [6, 6.07) is 1.63. The summed E-state index contributed by atoms with van der Waals surface area (Å²) < 4.78 is 1.33. The summed E-state index contributed by atoms with van der Waals surface area (Å²) >= 11 is 0. The molecule has 0 bridgehead atoms. The number of aryl methyl sites for hydroxylation is 1. The molecule has 24 heavy (non-hydrogen) atoms. The number of anilines is 1. The van der Waals surface area contributed by atoms with Crippen LogP contribution >= 0.6 is 0 Å². The normalized spacial score (nSPS) is 20.8. The number of carbonyl (C=O) groups is 1. The molecule has 1 fully saturated rings. The zero-order valence-electron chi connectivity index (χ0n) is 14.3. The number of hydrogen-bond donors (Lipinski definition) is 1. The van der Waals surface area contributed by atoms with Crippen LogP contribution < -0.4 is 15.8 Å². The average molecular weight is 330 g/mol. The fraction of sp³-hybridized carbons (Fsp3) is 0.611. The predicted octanol–water partition coefficient (Wildman–Crippen LogP) is 1.61. The summed E-state index contributed by atoms with van der Waals surface area (Å²) in [7, 11) is 1.65. The largest absolute Gasteiger partial charge is 0.370 e. The van der Waals surface area contributed by atoms with Gasteiger partial charge in [0.2, 0.25) is 5.91 Å². The van der Waals surface area contributed by atoms with Crippen molar-refractivity contribution < 1.29 is 4.79 Å². The van der Waals surface area contributed by atoms with E-state index in [0.29, 0.717) is 18.9 Å². The van der Waals surface area contributed by atoms with Crippen LogP contribution in [0.2, 0.25) is 0 Å². The lowest BCUT2D eigenvalue weighted by molar-refractivity contribution is -0.120. The minimum absolute atomic E-state index is 0.0926. The SMILES string of the molecule is Cn1ncc(N2CC[C@H](CNC(=O)CC3=CCCCC3)C2)cc1=O. The summed E-state index contributed by atoms with van der Waals surface area (Å²) in [5, 5.41) is 7.15. The van der Waals surface area contributed by atoms with E-state index in [2.05, 4.69) is 21.4 Å². The second-order valence-corrected chi connectivity index (χ2v) is 6.87. The zero-order chi connectivity index (χ0) is 16.9. The van der Waals surface area contributed by atoms with Crippen LogP contribution in [0.1, 0.15) is 38.5 Å². The first-order valence-electron chi connectivity index (χ1n) is 8.85. The van der Waals surface area contributed by atoms with Crippen LogP contribution in [-0.4, -0.2) is 35.3 Å². The number of hydrogen-bond acceptors (Lipinski definition) is 4. The Hall–Kier alpha value is -2.11. The van der Waals surface area contributed by atoms with Gasteiger partial charge in [0.25, 0.3) is 5.56 Å². The van der Waals surface area contributed by atoms with Crippen LogP contribution in [-0.2, 0) is 11.8 Å². The van der Waals surface area contributed by atoms with Crippen molar-refractivity contribution in [3.8, 4) is 0 Å². The number of nitrogens with one attached hydrogen (secondary N) is 1. The summed E-state index contributed by atoms with van der Waals surface area (Å²) in [5.41, 5.74) is 2.07. The van der Waals surface area contributed by atoms with Gasteiger partial charge in [-0.05, 0) is 38.0 Å². The molecule has 1 N–H and O–H groups in total.